The monoisotopic (exact) mass is 304 g/mol. The molecule has 0 aliphatic carbocycles. The molecule has 21 heavy (non-hydrogen) atoms. The Morgan fingerprint density at radius 3 is 3.05 bits per heavy atom. The predicted octanol–water partition coefficient (Wildman–Crippen LogP) is 2.41. The van der Waals surface area contributed by atoms with Gasteiger partial charge < -0.3 is 11.1 Å². The number of aromatic nitrogens is 4. The van der Waals surface area contributed by atoms with E-state index < -0.39 is 0 Å². The van der Waals surface area contributed by atoms with Crippen molar-refractivity contribution in [3.63, 3.8) is 0 Å². The third-order valence-corrected chi connectivity index (χ3v) is 3.88. The first-order valence-electron chi connectivity index (χ1n) is 6.21. The maximum atomic E-state index is 13.9. The fraction of sp³-hybridized carbons (Fsp3) is 0.154. The van der Waals surface area contributed by atoms with Gasteiger partial charge in [-0.25, -0.2) is 4.39 Å². The van der Waals surface area contributed by atoms with Crippen molar-refractivity contribution < 1.29 is 4.39 Å². The summed E-state index contributed by atoms with van der Waals surface area (Å²) in [6, 6.07) is 5.02. The van der Waals surface area contributed by atoms with Gasteiger partial charge >= 0.3 is 0 Å². The summed E-state index contributed by atoms with van der Waals surface area (Å²) in [7, 11) is 0. The van der Waals surface area contributed by atoms with Crippen LogP contribution >= 0.6 is 11.8 Å². The van der Waals surface area contributed by atoms with Crippen molar-refractivity contribution in [2.24, 2.45) is 0 Å². The van der Waals surface area contributed by atoms with E-state index in [2.05, 4.69) is 25.5 Å². The zero-order valence-electron chi connectivity index (χ0n) is 11.2. The van der Waals surface area contributed by atoms with E-state index in [0.717, 1.165) is 4.90 Å². The second-order valence-electron chi connectivity index (χ2n) is 4.34. The molecule has 2 heterocycles. The minimum atomic E-state index is -0.250. The standard InChI is InChI=1S/C13H13FN6S/c1-21-10-4-2-3-9(14)7(10)5-16-11-8-6-17-20-12(8)19-13(15)18-11/h2-4,6H,5H2,1H3,(H4,15,16,17,18,19,20). The number of nitrogens with one attached hydrogen (secondary N) is 2. The van der Waals surface area contributed by atoms with Gasteiger partial charge in [0.2, 0.25) is 5.95 Å². The Kier molecular flexibility index (Phi) is 3.61. The number of halogens is 1. The lowest BCUT2D eigenvalue weighted by atomic mass is 10.2. The highest BCUT2D eigenvalue weighted by Gasteiger charge is 2.11. The minimum absolute atomic E-state index is 0.132. The van der Waals surface area contributed by atoms with Crippen molar-refractivity contribution in [3.05, 3.63) is 35.8 Å². The minimum Gasteiger partial charge on any atom is -0.368 e. The first-order chi connectivity index (χ1) is 10.2. The summed E-state index contributed by atoms with van der Waals surface area (Å²) in [4.78, 5) is 9.06. The van der Waals surface area contributed by atoms with Crippen molar-refractivity contribution in [1.29, 1.82) is 0 Å². The number of hydrogen-bond acceptors (Lipinski definition) is 6. The molecule has 1 aromatic carbocycles. The van der Waals surface area contributed by atoms with Crippen LogP contribution in [0.2, 0.25) is 0 Å². The summed E-state index contributed by atoms with van der Waals surface area (Å²) >= 11 is 1.50. The first-order valence-corrected chi connectivity index (χ1v) is 7.43. The van der Waals surface area contributed by atoms with E-state index in [4.69, 9.17) is 5.73 Å². The number of hydrogen-bond donors (Lipinski definition) is 3. The molecule has 0 saturated heterocycles. The van der Waals surface area contributed by atoms with Crippen LogP contribution in [0.5, 0.6) is 0 Å². The number of rotatable bonds is 4. The molecule has 108 valence electrons. The molecule has 0 fully saturated rings. The Morgan fingerprint density at radius 1 is 1.38 bits per heavy atom. The van der Waals surface area contributed by atoms with Gasteiger partial charge in [0.15, 0.2) is 5.65 Å². The van der Waals surface area contributed by atoms with Gasteiger partial charge in [-0.05, 0) is 18.4 Å². The average molecular weight is 304 g/mol. The number of thioether (sulfide) groups is 1. The number of nitrogens with two attached hydrogens (primary N) is 1. The largest absolute Gasteiger partial charge is 0.368 e. The quantitative estimate of drug-likeness (QED) is 0.641. The number of nitrogens with zero attached hydrogens (tertiary/aromatic N) is 3. The summed E-state index contributed by atoms with van der Waals surface area (Å²) < 4.78 is 13.9. The number of H-pyrrole nitrogens is 1. The van der Waals surface area contributed by atoms with Gasteiger partial charge in [0.05, 0.1) is 11.6 Å². The lowest BCUT2D eigenvalue weighted by molar-refractivity contribution is 0.607. The summed E-state index contributed by atoms with van der Waals surface area (Å²) in [5.41, 5.74) is 6.79. The zero-order valence-corrected chi connectivity index (χ0v) is 12.0. The maximum absolute atomic E-state index is 13.9. The molecule has 0 amide bonds. The Labute approximate surface area is 124 Å². The molecular weight excluding hydrogens is 291 g/mol. The van der Waals surface area contributed by atoms with E-state index >= 15 is 0 Å². The summed E-state index contributed by atoms with van der Waals surface area (Å²) in [5.74, 6) is 0.411. The van der Waals surface area contributed by atoms with Crippen LogP contribution in [-0.2, 0) is 6.54 Å². The first kappa shape index (κ1) is 13.6. The van der Waals surface area contributed by atoms with Gasteiger partial charge in [0, 0.05) is 17.0 Å². The van der Waals surface area contributed by atoms with Crippen molar-refractivity contribution >= 4 is 34.6 Å². The van der Waals surface area contributed by atoms with Crippen molar-refractivity contribution in [1.82, 2.24) is 20.2 Å². The second-order valence-corrected chi connectivity index (χ2v) is 5.18. The Hall–Kier alpha value is -2.35. The number of aromatic amines is 1. The molecule has 2 aromatic heterocycles. The fourth-order valence-electron chi connectivity index (χ4n) is 2.06. The van der Waals surface area contributed by atoms with Crippen LogP contribution in [0.25, 0.3) is 11.0 Å². The van der Waals surface area contributed by atoms with Crippen LogP contribution < -0.4 is 11.1 Å². The van der Waals surface area contributed by atoms with Crippen molar-refractivity contribution in [3.8, 4) is 0 Å². The van der Waals surface area contributed by atoms with Crippen LogP contribution in [-0.4, -0.2) is 26.4 Å². The zero-order chi connectivity index (χ0) is 14.8. The van der Waals surface area contributed by atoms with Gasteiger partial charge in [-0.15, -0.1) is 11.8 Å². The van der Waals surface area contributed by atoms with E-state index in [1.54, 1.807) is 12.3 Å². The van der Waals surface area contributed by atoms with Crippen LogP contribution in [0.4, 0.5) is 16.2 Å². The molecule has 0 bridgehead atoms. The Bertz CT molecular complexity index is 787. The molecule has 3 aromatic rings. The molecule has 8 heteroatoms. The highest BCUT2D eigenvalue weighted by atomic mass is 32.2. The molecule has 0 atom stereocenters. The number of anilines is 2. The molecule has 4 N–H and O–H groups in total. The van der Waals surface area contributed by atoms with Crippen LogP contribution in [0.3, 0.4) is 0 Å². The number of nitrogen functional groups attached to an aromatic ring is 1. The summed E-state index contributed by atoms with van der Waals surface area (Å²) in [5, 5.41) is 10.5. The smallest absolute Gasteiger partial charge is 0.224 e. The van der Waals surface area contributed by atoms with Gasteiger partial charge in [0.25, 0.3) is 0 Å². The summed E-state index contributed by atoms with van der Waals surface area (Å²) in [6.45, 7) is 0.305. The SMILES string of the molecule is CSc1cccc(F)c1CNc1nc(N)nc2[nH]ncc12. The highest BCUT2D eigenvalue weighted by Crippen LogP contribution is 2.25. The van der Waals surface area contributed by atoms with E-state index in [1.807, 2.05) is 12.3 Å². The molecule has 3 rings (SSSR count). The molecule has 0 radical (unpaired) electrons. The normalized spacial score (nSPS) is 11.0. The molecule has 0 aliphatic rings. The van der Waals surface area contributed by atoms with Crippen LogP contribution in [0.1, 0.15) is 5.56 Å². The fourth-order valence-corrected chi connectivity index (χ4v) is 2.69. The number of fused-ring (bicyclic) bond motifs is 1. The molecular formula is C13H13FN6S. The number of benzene rings is 1. The third kappa shape index (κ3) is 2.62. The van der Waals surface area contributed by atoms with E-state index in [9.17, 15) is 4.39 Å². The second kappa shape index (κ2) is 5.57. The molecule has 0 unspecified atom stereocenters. The molecule has 0 saturated carbocycles. The van der Waals surface area contributed by atoms with E-state index in [-0.39, 0.29) is 11.8 Å². The Morgan fingerprint density at radius 2 is 2.24 bits per heavy atom. The molecule has 6 nitrogen and oxygen atoms in total. The van der Waals surface area contributed by atoms with Crippen LogP contribution in [0.15, 0.2) is 29.3 Å². The summed E-state index contributed by atoms with van der Waals surface area (Å²) in [6.07, 6.45) is 3.52. The molecule has 0 aliphatic heterocycles. The predicted molar refractivity (Wildman–Crippen MR) is 81.6 cm³/mol. The maximum Gasteiger partial charge on any atom is 0.224 e. The van der Waals surface area contributed by atoms with Crippen molar-refractivity contribution in [2.45, 2.75) is 11.4 Å². The van der Waals surface area contributed by atoms with Crippen LogP contribution in [0, 0.1) is 5.82 Å². The van der Waals surface area contributed by atoms with E-state index in [1.165, 1.54) is 17.8 Å². The third-order valence-electron chi connectivity index (χ3n) is 3.06. The molecule has 0 spiro atoms. The topological polar surface area (TPSA) is 92.5 Å². The van der Waals surface area contributed by atoms with Gasteiger partial charge in [-0.1, -0.05) is 6.07 Å². The van der Waals surface area contributed by atoms with Crippen molar-refractivity contribution in [2.75, 3.05) is 17.3 Å². The average Bonchev–Trinajstić information content (AvgIpc) is 2.93. The highest BCUT2D eigenvalue weighted by molar-refractivity contribution is 7.98. The lowest BCUT2D eigenvalue weighted by Gasteiger charge is -2.11. The van der Waals surface area contributed by atoms with E-state index in [0.29, 0.717) is 29.0 Å². The van der Waals surface area contributed by atoms with Gasteiger partial charge in [0.1, 0.15) is 11.6 Å². The van der Waals surface area contributed by atoms with Gasteiger partial charge in [-0.2, -0.15) is 15.1 Å². The lowest BCUT2D eigenvalue weighted by Crippen LogP contribution is -2.07. The Balaban J connectivity index is 1.92. The van der Waals surface area contributed by atoms with Gasteiger partial charge in [-0.3, -0.25) is 5.10 Å².